The maximum Gasteiger partial charge on any atom is 0.349 e. The van der Waals surface area contributed by atoms with E-state index >= 15 is 0 Å². The number of aromatic nitrogens is 2. The summed E-state index contributed by atoms with van der Waals surface area (Å²) in [6.07, 6.45) is 3.48. The number of nitrogens with zero attached hydrogens (tertiary/aromatic N) is 4. The van der Waals surface area contributed by atoms with Crippen molar-refractivity contribution >= 4 is 35.0 Å². The first-order valence-electron chi connectivity index (χ1n) is 11.2. The quantitative estimate of drug-likeness (QED) is 0.628. The van der Waals surface area contributed by atoms with Crippen LogP contribution in [0, 0.1) is 5.41 Å². The molecule has 0 spiro atoms. The summed E-state index contributed by atoms with van der Waals surface area (Å²) < 4.78 is 0. The van der Waals surface area contributed by atoms with Crippen LogP contribution in [0.1, 0.15) is 49.4 Å². The number of fused-ring (bicyclic) bond motifs is 1. The largest absolute Gasteiger partial charge is 0.477 e. The highest BCUT2D eigenvalue weighted by molar-refractivity contribution is 6.35. The molecule has 2 N–H and O–H groups in total. The Kier molecular flexibility index (Phi) is 6.38. The van der Waals surface area contributed by atoms with Crippen molar-refractivity contribution in [3.05, 3.63) is 52.4 Å². The van der Waals surface area contributed by atoms with Crippen LogP contribution in [-0.4, -0.2) is 63.7 Å². The van der Waals surface area contributed by atoms with Gasteiger partial charge < -0.3 is 14.9 Å². The normalized spacial score (nSPS) is 19.7. The third kappa shape index (κ3) is 4.44. The maximum atomic E-state index is 13.7. The van der Waals surface area contributed by atoms with Gasteiger partial charge in [0.1, 0.15) is 17.9 Å². The minimum absolute atomic E-state index is 0.184. The summed E-state index contributed by atoms with van der Waals surface area (Å²) in [5.41, 5.74) is 1.32. The van der Waals surface area contributed by atoms with Gasteiger partial charge in [-0.05, 0) is 43.4 Å². The lowest BCUT2D eigenvalue weighted by atomic mass is 9.76. The van der Waals surface area contributed by atoms with Gasteiger partial charge in [-0.2, -0.15) is 0 Å². The number of piperazine rings is 1. The molecule has 1 aromatic carbocycles. The van der Waals surface area contributed by atoms with Crippen LogP contribution in [0.2, 0.25) is 5.02 Å². The van der Waals surface area contributed by atoms with Crippen LogP contribution in [0.15, 0.2) is 30.6 Å². The Bertz CT molecular complexity index is 1080. The predicted molar refractivity (Wildman–Crippen MR) is 126 cm³/mol. The number of hydrogen-bond acceptors (Lipinski definition) is 6. The molecule has 1 saturated heterocycles. The summed E-state index contributed by atoms with van der Waals surface area (Å²) in [6, 6.07) is 6.83. The van der Waals surface area contributed by atoms with Crippen molar-refractivity contribution in [2.75, 3.05) is 31.1 Å². The molecule has 2 heterocycles. The molecule has 174 valence electrons. The second-order valence-corrected chi connectivity index (χ2v) is 9.51. The van der Waals surface area contributed by atoms with E-state index in [2.05, 4.69) is 21.8 Å². The lowest BCUT2D eigenvalue weighted by Crippen LogP contribution is -2.54. The number of rotatable bonds is 6. The van der Waals surface area contributed by atoms with Crippen LogP contribution >= 0.6 is 11.6 Å². The van der Waals surface area contributed by atoms with E-state index in [1.54, 1.807) is 42.4 Å². The van der Waals surface area contributed by atoms with Crippen LogP contribution in [0.25, 0.3) is 0 Å². The summed E-state index contributed by atoms with van der Waals surface area (Å²) in [7, 11) is 0. The zero-order valence-corrected chi connectivity index (χ0v) is 19.6. The Morgan fingerprint density at radius 2 is 1.85 bits per heavy atom. The van der Waals surface area contributed by atoms with Crippen molar-refractivity contribution in [3.63, 3.8) is 0 Å². The van der Waals surface area contributed by atoms with Gasteiger partial charge in [0.2, 0.25) is 5.91 Å². The van der Waals surface area contributed by atoms with Gasteiger partial charge in [-0.3, -0.25) is 10.2 Å². The summed E-state index contributed by atoms with van der Waals surface area (Å²) in [5, 5.41) is 17.7. The molecule has 1 aromatic heterocycles. The molecule has 1 unspecified atom stereocenters. The zero-order chi connectivity index (χ0) is 23.8. The molecule has 2 aliphatic rings. The second-order valence-electron chi connectivity index (χ2n) is 9.08. The molecule has 1 fully saturated rings. The highest BCUT2D eigenvalue weighted by Crippen LogP contribution is 2.38. The number of hydrogen-bond donors (Lipinski definition) is 2. The van der Waals surface area contributed by atoms with Crippen molar-refractivity contribution in [2.24, 2.45) is 0 Å². The first-order chi connectivity index (χ1) is 15.7. The lowest BCUT2D eigenvalue weighted by Gasteiger charge is -2.40. The third-order valence-corrected chi connectivity index (χ3v) is 7.11. The molecule has 4 rings (SSSR count). The highest BCUT2D eigenvalue weighted by atomic mass is 35.5. The van der Waals surface area contributed by atoms with Crippen molar-refractivity contribution in [1.82, 2.24) is 14.9 Å². The van der Waals surface area contributed by atoms with Crippen LogP contribution < -0.4 is 4.90 Å². The Labute approximate surface area is 198 Å². The Morgan fingerprint density at radius 3 is 2.48 bits per heavy atom. The topological polar surface area (TPSA) is 110 Å². The first-order valence-corrected chi connectivity index (χ1v) is 11.5. The molecule has 9 heteroatoms. The summed E-state index contributed by atoms with van der Waals surface area (Å²) >= 11 is 6.02. The van der Waals surface area contributed by atoms with Gasteiger partial charge in [-0.25, -0.2) is 14.8 Å². The summed E-state index contributed by atoms with van der Waals surface area (Å²) in [5.74, 6) is -0.118. The third-order valence-electron chi connectivity index (χ3n) is 6.86. The number of amides is 1. The smallest absolute Gasteiger partial charge is 0.349 e. The van der Waals surface area contributed by atoms with Crippen LogP contribution in [0.5, 0.6) is 0 Å². The van der Waals surface area contributed by atoms with Gasteiger partial charge in [0, 0.05) is 48.9 Å². The van der Waals surface area contributed by atoms with E-state index in [9.17, 15) is 14.7 Å². The molecule has 1 amide bonds. The van der Waals surface area contributed by atoms with E-state index < -0.39 is 17.1 Å². The Balaban J connectivity index is 1.54. The van der Waals surface area contributed by atoms with E-state index in [0.717, 1.165) is 24.4 Å². The molecule has 0 bridgehead atoms. The van der Waals surface area contributed by atoms with Crippen LogP contribution in [0.4, 0.5) is 5.82 Å². The summed E-state index contributed by atoms with van der Waals surface area (Å²) in [6.45, 7) is 6.17. The molecule has 33 heavy (non-hydrogen) atoms. The molecule has 2 atom stereocenters. The fourth-order valence-electron chi connectivity index (χ4n) is 4.89. The Hall–Kier alpha value is -3.00. The van der Waals surface area contributed by atoms with Gasteiger partial charge >= 0.3 is 5.97 Å². The lowest BCUT2D eigenvalue weighted by molar-refractivity contribution is -0.137. The number of carbonyl (C=O) groups excluding carboxylic acids is 1. The molecular weight excluding hydrogens is 442 g/mol. The number of carboxylic acid groups (broad SMARTS) is 1. The molecule has 0 saturated carbocycles. The van der Waals surface area contributed by atoms with Gasteiger partial charge in [0.05, 0.1) is 5.41 Å². The fraction of sp³-hybridized carbons (Fsp3) is 0.458. The standard InChI is InChI=1S/C24H28ClN5O3/c1-15-3-8-19-20(15)21(28-14-27-19)29-9-11-30(12-10-29)23(33)24(2,13-18(26)22(31)32)16-4-6-17(25)7-5-16/h4-7,14-15,26H,3,8-13H2,1-2H3,(H,31,32)/t15-,24?/m1/s1. The predicted octanol–water partition coefficient (Wildman–Crippen LogP) is 3.28. The van der Waals surface area contributed by atoms with E-state index in [0.29, 0.717) is 42.7 Å². The average molecular weight is 470 g/mol. The molecular formula is C24H28ClN5O3. The molecule has 1 aliphatic carbocycles. The van der Waals surface area contributed by atoms with Crippen molar-refractivity contribution in [1.29, 1.82) is 5.41 Å². The van der Waals surface area contributed by atoms with Gasteiger partial charge in [-0.15, -0.1) is 0 Å². The van der Waals surface area contributed by atoms with Crippen LogP contribution in [0.3, 0.4) is 0 Å². The first kappa shape index (κ1) is 23.2. The van der Waals surface area contributed by atoms with E-state index in [4.69, 9.17) is 17.0 Å². The number of nitrogens with one attached hydrogen (secondary N) is 1. The fourth-order valence-corrected chi connectivity index (χ4v) is 5.02. The van der Waals surface area contributed by atoms with Crippen molar-refractivity contribution < 1.29 is 14.7 Å². The van der Waals surface area contributed by atoms with Gasteiger partial charge in [0.25, 0.3) is 0 Å². The SMILES string of the molecule is C[C@@H]1CCc2ncnc(N3CCN(C(=O)C(C)(CC(=N)C(=O)O)c4ccc(Cl)cc4)CC3)c21. The molecule has 0 radical (unpaired) electrons. The average Bonchev–Trinajstić information content (AvgIpc) is 3.20. The van der Waals surface area contributed by atoms with E-state index in [1.807, 2.05) is 0 Å². The van der Waals surface area contributed by atoms with Crippen LogP contribution in [-0.2, 0) is 21.4 Å². The maximum absolute atomic E-state index is 13.7. The number of aliphatic carboxylic acids is 1. The second kappa shape index (κ2) is 9.09. The highest BCUT2D eigenvalue weighted by Gasteiger charge is 2.41. The summed E-state index contributed by atoms with van der Waals surface area (Å²) in [4.78, 5) is 38.1. The van der Waals surface area contributed by atoms with Gasteiger partial charge in [0.15, 0.2) is 0 Å². The Morgan fingerprint density at radius 1 is 1.18 bits per heavy atom. The number of carbonyl (C=O) groups is 2. The molecule has 8 nitrogen and oxygen atoms in total. The van der Waals surface area contributed by atoms with E-state index in [1.165, 1.54) is 5.56 Å². The van der Waals surface area contributed by atoms with Gasteiger partial charge in [-0.1, -0.05) is 30.7 Å². The number of anilines is 1. The van der Waals surface area contributed by atoms with Crippen molar-refractivity contribution in [2.45, 2.75) is 44.4 Å². The number of halogens is 1. The minimum Gasteiger partial charge on any atom is -0.477 e. The van der Waals surface area contributed by atoms with E-state index in [-0.39, 0.29) is 12.3 Å². The zero-order valence-electron chi connectivity index (χ0n) is 18.8. The number of carboxylic acids is 1. The molecule has 2 aromatic rings. The van der Waals surface area contributed by atoms with Crippen molar-refractivity contribution in [3.8, 4) is 0 Å². The monoisotopic (exact) mass is 469 g/mol. The number of aryl methyl sites for hydroxylation is 1. The molecule has 1 aliphatic heterocycles. The minimum atomic E-state index is -1.32. The number of benzene rings is 1.